The van der Waals surface area contributed by atoms with E-state index in [1.807, 2.05) is 0 Å². The third kappa shape index (κ3) is 3.09. The molecule has 0 saturated carbocycles. The third-order valence-corrected chi connectivity index (χ3v) is 4.37. The van der Waals surface area contributed by atoms with Gasteiger partial charge in [-0.2, -0.15) is 13.2 Å². The van der Waals surface area contributed by atoms with E-state index < -0.39 is 28.9 Å². The number of hydrogen-bond donors (Lipinski definition) is 0. The van der Waals surface area contributed by atoms with E-state index in [1.54, 1.807) is 24.3 Å². The molecule has 0 amide bonds. The number of pyridine rings is 2. The molecule has 2 heterocycles. The normalized spacial score (nSPS) is 11.8. The Hall–Kier alpha value is -3.35. The van der Waals surface area contributed by atoms with Gasteiger partial charge in [0.25, 0.3) is 0 Å². The zero-order valence-corrected chi connectivity index (χ0v) is 14.1. The lowest BCUT2D eigenvalue weighted by atomic mass is 9.97. The van der Waals surface area contributed by atoms with Crippen molar-refractivity contribution in [1.82, 2.24) is 9.97 Å². The van der Waals surface area contributed by atoms with Crippen LogP contribution in [0.4, 0.5) is 22.0 Å². The van der Waals surface area contributed by atoms with Crippen molar-refractivity contribution in [2.45, 2.75) is 6.18 Å². The first-order valence-corrected chi connectivity index (χ1v) is 8.22. The standard InChI is InChI=1S/C21H11F5N2/c22-17-7-4-12(11-15(17)18-3-1-2-9-27-18)13-8-10-28-20-14(13)5-6-16(19(20)23)21(24,25)26/h1-11H. The average Bonchev–Trinajstić information content (AvgIpc) is 2.68. The summed E-state index contributed by atoms with van der Waals surface area (Å²) in [5.41, 5.74) is -0.182. The van der Waals surface area contributed by atoms with E-state index in [4.69, 9.17) is 0 Å². The molecule has 0 saturated heterocycles. The first-order chi connectivity index (χ1) is 13.4. The summed E-state index contributed by atoms with van der Waals surface area (Å²) in [5.74, 6) is -1.93. The van der Waals surface area contributed by atoms with Gasteiger partial charge in [0.1, 0.15) is 11.3 Å². The highest BCUT2D eigenvalue weighted by atomic mass is 19.4. The largest absolute Gasteiger partial charge is 0.419 e. The summed E-state index contributed by atoms with van der Waals surface area (Å²) >= 11 is 0. The van der Waals surface area contributed by atoms with Crippen molar-refractivity contribution in [3.05, 3.63) is 84.2 Å². The maximum Gasteiger partial charge on any atom is 0.419 e. The van der Waals surface area contributed by atoms with Gasteiger partial charge in [-0.25, -0.2) is 8.78 Å². The molecule has 28 heavy (non-hydrogen) atoms. The minimum Gasteiger partial charge on any atom is -0.256 e. The van der Waals surface area contributed by atoms with Crippen LogP contribution in [0.2, 0.25) is 0 Å². The Bertz CT molecular complexity index is 1170. The van der Waals surface area contributed by atoms with E-state index in [0.29, 0.717) is 22.9 Å². The Morgan fingerprint density at radius 1 is 0.750 bits per heavy atom. The van der Waals surface area contributed by atoms with Crippen LogP contribution in [0.15, 0.2) is 67.0 Å². The number of fused-ring (bicyclic) bond motifs is 1. The van der Waals surface area contributed by atoms with Crippen LogP contribution in [0.5, 0.6) is 0 Å². The topological polar surface area (TPSA) is 25.8 Å². The molecule has 0 aliphatic rings. The molecule has 7 heteroatoms. The number of halogens is 5. The molecule has 0 aliphatic heterocycles. The molecule has 0 spiro atoms. The molecule has 4 aromatic rings. The first-order valence-electron chi connectivity index (χ1n) is 8.22. The van der Waals surface area contributed by atoms with Gasteiger partial charge in [-0.15, -0.1) is 0 Å². The van der Waals surface area contributed by atoms with Crippen LogP contribution in [0.25, 0.3) is 33.3 Å². The second-order valence-electron chi connectivity index (χ2n) is 6.09. The minimum absolute atomic E-state index is 0.201. The SMILES string of the molecule is Fc1ccc(-c2ccnc3c(F)c(C(F)(F)F)ccc23)cc1-c1ccccn1. The Balaban J connectivity index is 1.92. The van der Waals surface area contributed by atoms with Crippen molar-refractivity contribution in [2.24, 2.45) is 0 Å². The summed E-state index contributed by atoms with van der Waals surface area (Å²) in [4.78, 5) is 7.90. The van der Waals surface area contributed by atoms with E-state index in [-0.39, 0.29) is 10.9 Å². The van der Waals surface area contributed by atoms with Crippen LogP contribution in [0.3, 0.4) is 0 Å². The van der Waals surface area contributed by atoms with Gasteiger partial charge in [0, 0.05) is 23.3 Å². The first kappa shape index (κ1) is 18.0. The lowest BCUT2D eigenvalue weighted by Crippen LogP contribution is -2.08. The number of hydrogen-bond acceptors (Lipinski definition) is 2. The molecular formula is C21H11F5N2. The fourth-order valence-corrected chi connectivity index (χ4v) is 3.07. The monoisotopic (exact) mass is 386 g/mol. The Morgan fingerprint density at radius 3 is 2.29 bits per heavy atom. The summed E-state index contributed by atoms with van der Waals surface area (Å²) in [6.07, 6.45) is -2.07. The Labute approximate surface area is 156 Å². The molecule has 0 N–H and O–H groups in total. The van der Waals surface area contributed by atoms with Crippen LogP contribution in [0, 0.1) is 11.6 Å². The van der Waals surface area contributed by atoms with Gasteiger partial charge >= 0.3 is 6.18 Å². The summed E-state index contributed by atoms with van der Waals surface area (Å²) in [5, 5.41) is 0.201. The second kappa shape index (κ2) is 6.67. The smallest absolute Gasteiger partial charge is 0.256 e. The summed E-state index contributed by atoms with van der Waals surface area (Å²) < 4.78 is 67.6. The molecule has 0 radical (unpaired) electrons. The predicted octanol–water partition coefficient (Wildman–Crippen LogP) is 6.26. The maximum atomic E-state index is 14.4. The molecule has 2 aromatic carbocycles. The molecule has 0 unspecified atom stereocenters. The van der Waals surface area contributed by atoms with Gasteiger partial charge in [-0.3, -0.25) is 9.97 Å². The van der Waals surface area contributed by atoms with E-state index >= 15 is 0 Å². The Kier molecular flexibility index (Phi) is 4.30. The van der Waals surface area contributed by atoms with Crippen LogP contribution in [-0.4, -0.2) is 9.97 Å². The lowest BCUT2D eigenvalue weighted by molar-refractivity contribution is -0.139. The van der Waals surface area contributed by atoms with E-state index in [2.05, 4.69) is 9.97 Å². The van der Waals surface area contributed by atoms with Crippen LogP contribution in [-0.2, 0) is 6.18 Å². The van der Waals surface area contributed by atoms with Crippen LogP contribution >= 0.6 is 0 Å². The van der Waals surface area contributed by atoms with Gasteiger partial charge < -0.3 is 0 Å². The van der Waals surface area contributed by atoms with Crippen LogP contribution in [0.1, 0.15) is 5.56 Å². The molecule has 4 rings (SSSR count). The fraction of sp³-hybridized carbons (Fsp3) is 0.0476. The molecule has 0 aliphatic carbocycles. The zero-order valence-electron chi connectivity index (χ0n) is 14.1. The Morgan fingerprint density at radius 2 is 1.57 bits per heavy atom. The summed E-state index contributed by atoms with van der Waals surface area (Å²) in [7, 11) is 0. The van der Waals surface area contributed by atoms with Gasteiger partial charge in [0.15, 0.2) is 5.82 Å². The third-order valence-electron chi connectivity index (χ3n) is 4.37. The average molecular weight is 386 g/mol. The van der Waals surface area contributed by atoms with E-state index in [1.165, 1.54) is 36.7 Å². The summed E-state index contributed by atoms with van der Waals surface area (Å²) in [6.45, 7) is 0. The molecular weight excluding hydrogens is 375 g/mol. The number of benzene rings is 2. The number of nitrogens with zero attached hydrogens (tertiary/aromatic N) is 2. The number of alkyl halides is 3. The summed E-state index contributed by atoms with van der Waals surface area (Å²) in [6, 6.07) is 12.7. The van der Waals surface area contributed by atoms with E-state index in [9.17, 15) is 22.0 Å². The molecule has 0 bridgehead atoms. The van der Waals surface area contributed by atoms with Gasteiger partial charge in [-0.1, -0.05) is 18.2 Å². The molecule has 140 valence electrons. The predicted molar refractivity (Wildman–Crippen MR) is 95.3 cm³/mol. The van der Waals surface area contributed by atoms with Crippen molar-refractivity contribution in [1.29, 1.82) is 0 Å². The molecule has 2 nitrogen and oxygen atoms in total. The van der Waals surface area contributed by atoms with Gasteiger partial charge in [0.2, 0.25) is 0 Å². The van der Waals surface area contributed by atoms with Gasteiger partial charge in [0.05, 0.1) is 11.3 Å². The lowest BCUT2D eigenvalue weighted by Gasteiger charge is -2.13. The van der Waals surface area contributed by atoms with Crippen molar-refractivity contribution in [3.8, 4) is 22.4 Å². The fourth-order valence-electron chi connectivity index (χ4n) is 3.07. The molecule has 0 atom stereocenters. The highest BCUT2D eigenvalue weighted by Crippen LogP contribution is 2.37. The number of rotatable bonds is 2. The second-order valence-corrected chi connectivity index (χ2v) is 6.09. The molecule has 2 aromatic heterocycles. The highest BCUT2D eigenvalue weighted by molar-refractivity contribution is 5.95. The van der Waals surface area contributed by atoms with Gasteiger partial charge in [-0.05, 0) is 47.5 Å². The van der Waals surface area contributed by atoms with E-state index in [0.717, 1.165) is 0 Å². The molecule has 0 fully saturated rings. The number of aromatic nitrogens is 2. The maximum absolute atomic E-state index is 14.4. The quantitative estimate of drug-likeness (QED) is 0.380. The van der Waals surface area contributed by atoms with Crippen molar-refractivity contribution in [2.75, 3.05) is 0 Å². The van der Waals surface area contributed by atoms with Crippen molar-refractivity contribution >= 4 is 10.9 Å². The van der Waals surface area contributed by atoms with Crippen LogP contribution < -0.4 is 0 Å². The highest BCUT2D eigenvalue weighted by Gasteiger charge is 2.35. The van der Waals surface area contributed by atoms with Crippen molar-refractivity contribution < 1.29 is 22.0 Å². The van der Waals surface area contributed by atoms with Crippen molar-refractivity contribution in [3.63, 3.8) is 0 Å². The zero-order chi connectivity index (χ0) is 19.9. The minimum atomic E-state index is -4.82.